The lowest BCUT2D eigenvalue weighted by molar-refractivity contribution is -0.161. The number of benzene rings is 2. The Hall–Kier alpha value is -2.21. The number of ether oxygens (including phenoxy) is 1. The Morgan fingerprint density at radius 3 is 1.88 bits per heavy atom. The Labute approximate surface area is 194 Å². The Balaban J connectivity index is 2.47. The highest BCUT2D eigenvalue weighted by Gasteiger charge is 2.51. The number of aliphatic hydroxyl groups is 1. The summed E-state index contributed by atoms with van der Waals surface area (Å²) < 4.78 is 11.9. The standard InChI is InChI=1S/C27H38O4Si/c1-8-19-27(6,25(29)30-7)24(28)21(2)20-31-32(26(3,4)5,22-15-11-9-12-16-22)23-17-13-10-14-18-23/h8-18,21,24,28H,1,19-20H2,2-7H3/t21-,24+,27-/m0/s1. The SMILES string of the molecule is C=CC[C@](C)(C(=O)OC)[C@H](O)[C@@H](C)CO[Si](c1ccccc1)(c1ccccc1)C(C)(C)C. The van der Waals surface area contributed by atoms with Crippen LogP contribution in [0.25, 0.3) is 0 Å². The average molecular weight is 455 g/mol. The van der Waals surface area contributed by atoms with Crippen molar-refractivity contribution < 1.29 is 19.1 Å². The van der Waals surface area contributed by atoms with Crippen LogP contribution in [0.2, 0.25) is 5.04 Å². The fourth-order valence-corrected chi connectivity index (χ4v) is 9.26. The fraction of sp³-hybridized carbons (Fsp3) is 0.444. The first kappa shape index (κ1) is 26.0. The molecule has 4 nitrogen and oxygen atoms in total. The second-order valence-electron chi connectivity index (χ2n) is 9.80. The summed E-state index contributed by atoms with van der Waals surface area (Å²) >= 11 is 0. The van der Waals surface area contributed by atoms with Crippen molar-refractivity contribution in [1.82, 2.24) is 0 Å². The third-order valence-corrected chi connectivity index (χ3v) is 11.4. The van der Waals surface area contributed by atoms with Crippen molar-refractivity contribution in [3.05, 3.63) is 73.3 Å². The van der Waals surface area contributed by atoms with Crippen LogP contribution >= 0.6 is 0 Å². The van der Waals surface area contributed by atoms with Gasteiger partial charge in [0.25, 0.3) is 8.32 Å². The van der Waals surface area contributed by atoms with Crippen molar-refractivity contribution in [3.63, 3.8) is 0 Å². The first-order chi connectivity index (χ1) is 15.0. The number of rotatable bonds is 10. The number of allylic oxidation sites excluding steroid dienone is 1. The third-order valence-electron chi connectivity index (χ3n) is 6.39. The molecule has 0 aromatic heterocycles. The molecule has 0 saturated heterocycles. The van der Waals surface area contributed by atoms with Crippen LogP contribution in [-0.4, -0.2) is 39.2 Å². The maximum Gasteiger partial charge on any atom is 0.314 e. The second kappa shape index (κ2) is 10.6. The fourth-order valence-electron chi connectivity index (χ4n) is 4.59. The molecule has 0 spiro atoms. The van der Waals surface area contributed by atoms with Gasteiger partial charge in [0.05, 0.1) is 18.6 Å². The van der Waals surface area contributed by atoms with Gasteiger partial charge in [0, 0.05) is 12.5 Å². The molecule has 0 bridgehead atoms. The molecule has 2 aromatic carbocycles. The van der Waals surface area contributed by atoms with E-state index in [9.17, 15) is 9.90 Å². The maximum absolute atomic E-state index is 12.5. The van der Waals surface area contributed by atoms with E-state index in [2.05, 4.69) is 51.6 Å². The van der Waals surface area contributed by atoms with E-state index < -0.39 is 25.8 Å². The van der Waals surface area contributed by atoms with Crippen LogP contribution in [0.3, 0.4) is 0 Å². The minimum atomic E-state index is -2.72. The normalized spacial score (nSPS) is 16.0. The molecular formula is C27H38O4Si. The van der Waals surface area contributed by atoms with E-state index in [1.165, 1.54) is 17.5 Å². The lowest BCUT2D eigenvalue weighted by Crippen LogP contribution is -2.67. The average Bonchev–Trinajstić information content (AvgIpc) is 2.78. The summed E-state index contributed by atoms with van der Waals surface area (Å²) in [6, 6.07) is 20.8. The van der Waals surface area contributed by atoms with Crippen molar-refractivity contribution in [2.24, 2.45) is 11.3 Å². The summed E-state index contributed by atoms with van der Waals surface area (Å²) in [7, 11) is -1.37. The summed E-state index contributed by atoms with van der Waals surface area (Å²) in [5, 5.41) is 13.4. The largest absolute Gasteiger partial charge is 0.469 e. The molecule has 32 heavy (non-hydrogen) atoms. The van der Waals surface area contributed by atoms with E-state index in [1.807, 2.05) is 43.3 Å². The molecule has 0 aliphatic heterocycles. The molecule has 0 heterocycles. The highest BCUT2D eigenvalue weighted by atomic mass is 28.4. The molecule has 2 rings (SSSR count). The number of aliphatic hydroxyl groups excluding tert-OH is 1. The van der Waals surface area contributed by atoms with Gasteiger partial charge in [-0.2, -0.15) is 0 Å². The topological polar surface area (TPSA) is 55.8 Å². The number of carbonyl (C=O) groups is 1. The molecule has 0 amide bonds. The quantitative estimate of drug-likeness (QED) is 0.330. The monoisotopic (exact) mass is 454 g/mol. The smallest absolute Gasteiger partial charge is 0.314 e. The molecule has 2 aromatic rings. The van der Waals surface area contributed by atoms with E-state index in [1.54, 1.807) is 13.0 Å². The van der Waals surface area contributed by atoms with E-state index in [0.29, 0.717) is 13.0 Å². The maximum atomic E-state index is 12.5. The summed E-state index contributed by atoms with van der Waals surface area (Å²) in [5.74, 6) is -0.733. The zero-order chi connectivity index (χ0) is 24.0. The van der Waals surface area contributed by atoms with Crippen LogP contribution < -0.4 is 10.4 Å². The molecule has 5 heteroatoms. The molecule has 3 atom stereocenters. The van der Waals surface area contributed by atoms with Gasteiger partial charge in [-0.05, 0) is 28.8 Å². The van der Waals surface area contributed by atoms with Crippen LogP contribution in [0.4, 0.5) is 0 Å². The first-order valence-electron chi connectivity index (χ1n) is 11.2. The number of carbonyl (C=O) groups excluding carboxylic acids is 1. The predicted octanol–water partition coefficient (Wildman–Crippen LogP) is 4.32. The molecule has 0 fully saturated rings. The van der Waals surface area contributed by atoms with Crippen molar-refractivity contribution in [2.45, 2.75) is 52.2 Å². The van der Waals surface area contributed by atoms with Crippen LogP contribution in [0, 0.1) is 11.3 Å². The molecule has 0 aliphatic rings. The van der Waals surface area contributed by atoms with Crippen LogP contribution in [0.5, 0.6) is 0 Å². The molecule has 0 saturated carbocycles. The highest BCUT2D eigenvalue weighted by molar-refractivity contribution is 6.99. The molecule has 174 valence electrons. The van der Waals surface area contributed by atoms with E-state index in [-0.39, 0.29) is 11.0 Å². The lowest BCUT2D eigenvalue weighted by atomic mass is 9.76. The first-order valence-corrected chi connectivity index (χ1v) is 13.1. The van der Waals surface area contributed by atoms with Gasteiger partial charge in [0.15, 0.2) is 0 Å². The van der Waals surface area contributed by atoms with Crippen LogP contribution in [0.1, 0.15) is 41.0 Å². The Morgan fingerprint density at radius 1 is 1.03 bits per heavy atom. The Kier molecular flexibility index (Phi) is 8.63. The van der Waals surface area contributed by atoms with E-state index in [4.69, 9.17) is 9.16 Å². The van der Waals surface area contributed by atoms with Crippen molar-refractivity contribution in [1.29, 1.82) is 0 Å². The van der Waals surface area contributed by atoms with Crippen molar-refractivity contribution >= 4 is 24.7 Å². The van der Waals surface area contributed by atoms with Gasteiger partial charge >= 0.3 is 5.97 Å². The molecule has 0 radical (unpaired) electrons. The number of esters is 1. The van der Waals surface area contributed by atoms with E-state index in [0.717, 1.165) is 0 Å². The second-order valence-corrected chi connectivity index (χ2v) is 14.1. The van der Waals surface area contributed by atoms with Gasteiger partial charge in [0.1, 0.15) is 0 Å². The molecule has 0 unspecified atom stereocenters. The van der Waals surface area contributed by atoms with Crippen LogP contribution in [-0.2, 0) is 14.0 Å². The molecular weight excluding hydrogens is 416 g/mol. The number of methoxy groups -OCH3 is 1. The lowest BCUT2D eigenvalue weighted by Gasteiger charge is -2.44. The number of hydrogen-bond acceptors (Lipinski definition) is 4. The van der Waals surface area contributed by atoms with Gasteiger partial charge in [-0.15, -0.1) is 6.58 Å². The summed E-state index contributed by atoms with van der Waals surface area (Å²) in [5.41, 5.74) is -1.08. The zero-order valence-corrected chi connectivity index (χ0v) is 21.3. The van der Waals surface area contributed by atoms with Gasteiger partial charge in [-0.1, -0.05) is 94.4 Å². The Morgan fingerprint density at radius 2 is 1.50 bits per heavy atom. The number of hydrogen-bond donors (Lipinski definition) is 1. The molecule has 0 aliphatic carbocycles. The molecule has 1 N–H and O–H groups in total. The van der Waals surface area contributed by atoms with E-state index >= 15 is 0 Å². The zero-order valence-electron chi connectivity index (χ0n) is 20.3. The Bertz CT molecular complexity index is 836. The van der Waals surface area contributed by atoms with Crippen molar-refractivity contribution in [2.75, 3.05) is 13.7 Å². The van der Waals surface area contributed by atoms with Gasteiger partial charge < -0.3 is 14.3 Å². The minimum absolute atomic E-state index is 0.160. The van der Waals surface area contributed by atoms with Gasteiger partial charge in [0.2, 0.25) is 0 Å². The highest BCUT2D eigenvalue weighted by Crippen LogP contribution is 2.38. The summed E-state index contributed by atoms with van der Waals surface area (Å²) in [6.45, 7) is 14.4. The van der Waals surface area contributed by atoms with Crippen molar-refractivity contribution in [3.8, 4) is 0 Å². The van der Waals surface area contributed by atoms with Gasteiger partial charge in [-0.3, -0.25) is 4.79 Å². The van der Waals surface area contributed by atoms with Crippen LogP contribution in [0.15, 0.2) is 73.3 Å². The van der Waals surface area contributed by atoms with Gasteiger partial charge in [-0.25, -0.2) is 0 Å². The predicted molar refractivity (Wildman–Crippen MR) is 134 cm³/mol. The summed E-state index contributed by atoms with van der Waals surface area (Å²) in [6.07, 6.45) is 1.03. The summed E-state index contributed by atoms with van der Waals surface area (Å²) in [4.78, 5) is 12.5. The minimum Gasteiger partial charge on any atom is -0.469 e. The third kappa shape index (κ3) is 5.06.